The number of nitro benzene ring substituents is 1. The summed E-state index contributed by atoms with van der Waals surface area (Å²) in [6.45, 7) is 0. The summed E-state index contributed by atoms with van der Waals surface area (Å²) in [6.07, 6.45) is -0.104. The van der Waals surface area contributed by atoms with Crippen molar-refractivity contribution >= 4 is 28.3 Å². The number of carbonyl (C=O) groups is 2. The van der Waals surface area contributed by atoms with Gasteiger partial charge in [-0.05, 0) is 28.5 Å². The summed E-state index contributed by atoms with van der Waals surface area (Å²) < 4.78 is 13.5. The summed E-state index contributed by atoms with van der Waals surface area (Å²) in [5.74, 6) is -2.29. The molecular formula is C20H16FN3O4. The minimum atomic E-state index is -1.11. The zero-order valence-electron chi connectivity index (χ0n) is 14.6. The van der Waals surface area contributed by atoms with Crippen LogP contribution in [0.4, 0.5) is 10.1 Å². The maximum atomic E-state index is 13.5. The van der Waals surface area contributed by atoms with E-state index >= 15 is 0 Å². The molecule has 0 radical (unpaired) electrons. The van der Waals surface area contributed by atoms with Crippen LogP contribution < -0.4 is 11.1 Å². The zero-order chi connectivity index (χ0) is 20.3. The van der Waals surface area contributed by atoms with E-state index in [0.29, 0.717) is 16.5 Å². The van der Waals surface area contributed by atoms with Crippen molar-refractivity contribution < 1.29 is 18.9 Å². The number of primary amides is 1. The molecule has 0 aliphatic rings. The molecule has 0 unspecified atom stereocenters. The van der Waals surface area contributed by atoms with Crippen LogP contribution in [-0.2, 0) is 11.2 Å². The lowest BCUT2D eigenvalue weighted by molar-refractivity contribution is -0.387. The van der Waals surface area contributed by atoms with E-state index in [1.54, 1.807) is 24.3 Å². The lowest BCUT2D eigenvalue weighted by Gasteiger charge is -2.16. The van der Waals surface area contributed by atoms with E-state index in [1.165, 1.54) is 6.07 Å². The van der Waals surface area contributed by atoms with Crippen molar-refractivity contribution in [3.63, 3.8) is 0 Å². The Kier molecular flexibility index (Phi) is 5.30. The molecule has 3 aromatic rings. The van der Waals surface area contributed by atoms with E-state index in [0.717, 1.165) is 17.5 Å². The lowest BCUT2D eigenvalue weighted by Crippen LogP contribution is -2.45. The van der Waals surface area contributed by atoms with Gasteiger partial charge < -0.3 is 11.1 Å². The molecule has 3 rings (SSSR count). The minimum absolute atomic E-state index is 0.104. The molecule has 0 aliphatic heterocycles. The van der Waals surface area contributed by atoms with Crippen molar-refractivity contribution in [1.82, 2.24) is 5.32 Å². The van der Waals surface area contributed by atoms with Crippen molar-refractivity contribution in [3.8, 4) is 0 Å². The fourth-order valence-corrected chi connectivity index (χ4v) is 2.94. The number of hydrogen-bond donors (Lipinski definition) is 2. The summed E-state index contributed by atoms with van der Waals surface area (Å²) in [5.41, 5.74) is 5.35. The van der Waals surface area contributed by atoms with Gasteiger partial charge in [0.15, 0.2) is 0 Å². The van der Waals surface area contributed by atoms with E-state index in [9.17, 15) is 24.1 Å². The number of carbonyl (C=O) groups excluding carboxylic acids is 2. The molecule has 0 aromatic heterocycles. The SMILES string of the molecule is NC(=O)[C@H](Cc1ccc(F)c([N+](=O)[O-])c1)NC(=O)c1cccc2ccccc12. The van der Waals surface area contributed by atoms with Gasteiger partial charge >= 0.3 is 5.69 Å². The highest BCUT2D eigenvalue weighted by atomic mass is 19.1. The summed E-state index contributed by atoms with van der Waals surface area (Å²) in [4.78, 5) is 34.6. The molecule has 28 heavy (non-hydrogen) atoms. The first-order chi connectivity index (χ1) is 13.4. The van der Waals surface area contributed by atoms with Gasteiger partial charge in [0, 0.05) is 18.1 Å². The summed E-state index contributed by atoms with van der Waals surface area (Å²) in [5, 5.41) is 15.0. The second kappa shape index (κ2) is 7.83. The second-order valence-electron chi connectivity index (χ2n) is 6.20. The van der Waals surface area contributed by atoms with Crippen LogP contribution >= 0.6 is 0 Å². The normalized spacial score (nSPS) is 11.8. The van der Waals surface area contributed by atoms with E-state index in [1.807, 2.05) is 18.2 Å². The summed E-state index contributed by atoms with van der Waals surface area (Å²) in [7, 11) is 0. The number of fused-ring (bicyclic) bond motifs is 1. The van der Waals surface area contributed by atoms with Gasteiger partial charge in [0.2, 0.25) is 11.7 Å². The Morgan fingerprint density at radius 3 is 2.54 bits per heavy atom. The van der Waals surface area contributed by atoms with Gasteiger partial charge in [-0.3, -0.25) is 19.7 Å². The van der Waals surface area contributed by atoms with Gasteiger partial charge in [0.1, 0.15) is 6.04 Å². The van der Waals surface area contributed by atoms with Gasteiger partial charge in [0.05, 0.1) is 4.92 Å². The van der Waals surface area contributed by atoms with Gasteiger partial charge in [-0.25, -0.2) is 0 Å². The predicted octanol–water partition coefficient (Wildman–Crippen LogP) is 2.71. The molecule has 0 aliphatic carbocycles. The molecule has 2 amide bonds. The van der Waals surface area contributed by atoms with Gasteiger partial charge in [0.25, 0.3) is 5.91 Å². The predicted molar refractivity (Wildman–Crippen MR) is 101 cm³/mol. The summed E-state index contributed by atoms with van der Waals surface area (Å²) >= 11 is 0. The van der Waals surface area contributed by atoms with Crippen molar-refractivity contribution in [2.75, 3.05) is 0 Å². The third-order valence-electron chi connectivity index (χ3n) is 4.33. The second-order valence-corrected chi connectivity index (χ2v) is 6.20. The molecule has 0 saturated heterocycles. The van der Waals surface area contributed by atoms with Crippen LogP contribution in [0.1, 0.15) is 15.9 Å². The number of nitrogens with zero attached hydrogens (tertiary/aromatic N) is 1. The van der Waals surface area contributed by atoms with Gasteiger partial charge in [-0.15, -0.1) is 0 Å². The van der Waals surface area contributed by atoms with E-state index < -0.39 is 34.3 Å². The molecule has 8 heteroatoms. The smallest absolute Gasteiger partial charge is 0.305 e. The molecule has 0 heterocycles. The third kappa shape index (κ3) is 3.96. The Hall–Kier alpha value is -3.81. The average molecular weight is 381 g/mol. The molecule has 0 spiro atoms. The maximum absolute atomic E-state index is 13.5. The Labute approximate surface area is 159 Å². The van der Waals surface area contributed by atoms with Crippen LogP contribution in [0.2, 0.25) is 0 Å². The average Bonchev–Trinajstić information content (AvgIpc) is 2.68. The van der Waals surface area contributed by atoms with Crippen molar-refractivity contribution in [2.45, 2.75) is 12.5 Å². The topological polar surface area (TPSA) is 115 Å². The van der Waals surface area contributed by atoms with E-state index in [4.69, 9.17) is 5.73 Å². The van der Waals surface area contributed by atoms with Gasteiger partial charge in [-0.2, -0.15) is 4.39 Å². The first-order valence-electron chi connectivity index (χ1n) is 8.37. The van der Waals surface area contributed by atoms with Crippen LogP contribution in [0, 0.1) is 15.9 Å². The zero-order valence-corrected chi connectivity index (χ0v) is 14.6. The maximum Gasteiger partial charge on any atom is 0.305 e. The number of nitro groups is 1. The molecule has 0 bridgehead atoms. The Morgan fingerprint density at radius 1 is 1.11 bits per heavy atom. The van der Waals surface area contributed by atoms with Crippen LogP contribution in [0.25, 0.3) is 10.8 Å². The van der Waals surface area contributed by atoms with E-state index in [2.05, 4.69) is 5.32 Å². The number of nitrogens with one attached hydrogen (secondary N) is 1. The molecule has 142 valence electrons. The first kappa shape index (κ1) is 19.0. The molecule has 0 saturated carbocycles. The number of amides is 2. The van der Waals surface area contributed by atoms with Crippen molar-refractivity contribution in [1.29, 1.82) is 0 Å². The molecular weight excluding hydrogens is 365 g/mol. The molecule has 3 N–H and O–H groups in total. The number of halogens is 1. The first-order valence-corrected chi connectivity index (χ1v) is 8.37. The van der Waals surface area contributed by atoms with E-state index in [-0.39, 0.29) is 6.42 Å². The largest absolute Gasteiger partial charge is 0.368 e. The number of nitrogens with two attached hydrogens (primary N) is 1. The van der Waals surface area contributed by atoms with Crippen LogP contribution in [0.5, 0.6) is 0 Å². The third-order valence-corrected chi connectivity index (χ3v) is 4.33. The van der Waals surface area contributed by atoms with Crippen LogP contribution in [0.3, 0.4) is 0 Å². The Balaban J connectivity index is 1.85. The highest BCUT2D eigenvalue weighted by Gasteiger charge is 2.22. The molecule has 7 nitrogen and oxygen atoms in total. The minimum Gasteiger partial charge on any atom is -0.368 e. The molecule has 0 fully saturated rings. The Bertz CT molecular complexity index is 1080. The fraction of sp³-hybridized carbons (Fsp3) is 0.100. The van der Waals surface area contributed by atoms with Crippen LogP contribution in [0.15, 0.2) is 60.7 Å². The monoisotopic (exact) mass is 381 g/mol. The number of benzene rings is 3. The molecule has 1 atom stereocenters. The summed E-state index contributed by atoms with van der Waals surface area (Å²) in [6, 6.07) is 14.6. The Morgan fingerprint density at radius 2 is 1.82 bits per heavy atom. The number of rotatable bonds is 6. The quantitative estimate of drug-likeness (QED) is 0.504. The van der Waals surface area contributed by atoms with Crippen molar-refractivity contribution in [2.24, 2.45) is 5.73 Å². The molecule has 3 aromatic carbocycles. The lowest BCUT2D eigenvalue weighted by atomic mass is 10.0. The van der Waals surface area contributed by atoms with Gasteiger partial charge in [-0.1, -0.05) is 42.5 Å². The fourth-order valence-electron chi connectivity index (χ4n) is 2.94. The highest BCUT2D eigenvalue weighted by molar-refractivity contribution is 6.08. The highest BCUT2D eigenvalue weighted by Crippen LogP contribution is 2.21. The standard InChI is InChI=1S/C20H16FN3O4/c21-16-9-8-12(11-18(16)24(27)28)10-17(19(22)25)23-20(26)15-7-3-5-13-4-1-2-6-14(13)15/h1-9,11,17H,10H2,(H2,22,25)(H,23,26)/t17-/m0/s1. The van der Waals surface area contributed by atoms with Crippen molar-refractivity contribution in [3.05, 3.63) is 87.7 Å². The van der Waals surface area contributed by atoms with Crippen LogP contribution in [-0.4, -0.2) is 22.8 Å². The number of hydrogen-bond acceptors (Lipinski definition) is 4.